The second-order valence-corrected chi connectivity index (χ2v) is 5.16. The summed E-state index contributed by atoms with van der Waals surface area (Å²) in [5.74, 6) is -0.290. The molecule has 2 N–H and O–H groups in total. The van der Waals surface area contributed by atoms with Gasteiger partial charge in [0, 0.05) is 5.69 Å². The minimum atomic E-state index is -0.437. The number of para-hydroxylation sites is 1. The summed E-state index contributed by atoms with van der Waals surface area (Å²) in [5.41, 5.74) is 2.28. The van der Waals surface area contributed by atoms with E-state index in [1.807, 2.05) is 18.2 Å². The highest BCUT2D eigenvalue weighted by atomic mass is 19.1. The molecule has 110 valence electrons. The minimum Gasteiger partial charge on any atom is -0.376 e. The molecule has 0 radical (unpaired) electrons. The first kappa shape index (κ1) is 15.0. The minimum absolute atomic E-state index is 0.0931. The van der Waals surface area contributed by atoms with E-state index in [9.17, 15) is 9.18 Å². The molecule has 0 atom stereocenters. The van der Waals surface area contributed by atoms with Crippen molar-refractivity contribution in [3.8, 4) is 0 Å². The van der Waals surface area contributed by atoms with Crippen molar-refractivity contribution in [3.05, 3.63) is 59.9 Å². The molecule has 2 rings (SSSR count). The number of carbonyl (C=O) groups excluding carboxylic acids is 1. The fraction of sp³-hybridized carbons (Fsp3) is 0.235. The summed E-state index contributed by atoms with van der Waals surface area (Å²) in [7, 11) is 0. The van der Waals surface area contributed by atoms with Crippen LogP contribution in [0, 0.1) is 5.82 Å². The van der Waals surface area contributed by atoms with Gasteiger partial charge in [0.15, 0.2) is 0 Å². The number of halogens is 1. The molecule has 2 aromatic carbocycles. The Morgan fingerprint density at radius 3 is 2.62 bits per heavy atom. The average molecular weight is 286 g/mol. The summed E-state index contributed by atoms with van der Waals surface area (Å²) >= 11 is 0. The number of hydrogen-bond donors (Lipinski definition) is 2. The molecule has 2 aromatic rings. The van der Waals surface area contributed by atoms with Gasteiger partial charge in [0.2, 0.25) is 5.91 Å². The van der Waals surface area contributed by atoms with Gasteiger partial charge in [0.1, 0.15) is 5.82 Å². The van der Waals surface area contributed by atoms with Crippen molar-refractivity contribution >= 4 is 17.3 Å². The van der Waals surface area contributed by atoms with Gasteiger partial charge in [-0.25, -0.2) is 4.39 Å². The third-order valence-corrected chi connectivity index (χ3v) is 3.15. The Hall–Kier alpha value is -2.36. The summed E-state index contributed by atoms with van der Waals surface area (Å²) in [6.07, 6.45) is 0. The highest BCUT2D eigenvalue weighted by molar-refractivity contribution is 5.93. The lowest BCUT2D eigenvalue weighted by Crippen LogP contribution is -2.22. The first-order valence-electron chi connectivity index (χ1n) is 6.94. The molecule has 0 saturated carbocycles. The highest BCUT2D eigenvalue weighted by Gasteiger charge is 2.06. The molecule has 1 amide bonds. The van der Waals surface area contributed by atoms with Crippen LogP contribution in [0.5, 0.6) is 0 Å². The Kier molecular flexibility index (Phi) is 4.93. The monoisotopic (exact) mass is 286 g/mol. The molecule has 0 saturated heterocycles. The number of amides is 1. The van der Waals surface area contributed by atoms with Crippen LogP contribution in [0.4, 0.5) is 15.8 Å². The molecule has 21 heavy (non-hydrogen) atoms. The Bertz CT molecular complexity index is 626. The van der Waals surface area contributed by atoms with Gasteiger partial charge >= 0.3 is 0 Å². The number of hydrogen-bond acceptors (Lipinski definition) is 2. The smallest absolute Gasteiger partial charge is 0.243 e. The molecule has 0 aliphatic rings. The van der Waals surface area contributed by atoms with Crippen LogP contribution >= 0.6 is 0 Å². The Morgan fingerprint density at radius 1 is 1.14 bits per heavy atom. The van der Waals surface area contributed by atoms with E-state index < -0.39 is 5.82 Å². The summed E-state index contributed by atoms with van der Waals surface area (Å²) in [6, 6.07) is 14.0. The first-order valence-corrected chi connectivity index (χ1v) is 6.94. The second kappa shape index (κ2) is 6.88. The highest BCUT2D eigenvalue weighted by Crippen LogP contribution is 2.18. The van der Waals surface area contributed by atoms with Crippen LogP contribution < -0.4 is 10.6 Å². The van der Waals surface area contributed by atoms with Crippen molar-refractivity contribution in [3.63, 3.8) is 0 Å². The van der Waals surface area contributed by atoms with Gasteiger partial charge in [-0.15, -0.1) is 0 Å². The van der Waals surface area contributed by atoms with Gasteiger partial charge in [-0.1, -0.05) is 38.1 Å². The topological polar surface area (TPSA) is 41.1 Å². The lowest BCUT2D eigenvalue weighted by Gasteiger charge is -2.11. The zero-order valence-electron chi connectivity index (χ0n) is 12.2. The van der Waals surface area contributed by atoms with E-state index in [1.54, 1.807) is 12.1 Å². The SMILES string of the molecule is CC(C)c1cccc(NCC(=O)Nc2ccccc2F)c1. The molecular weight excluding hydrogens is 267 g/mol. The van der Waals surface area contributed by atoms with E-state index in [0.717, 1.165) is 5.69 Å². The molecule has 4 heteroatoms. The van der Waals surface area contributed by atoms with Crippen molar-refractivity contribution < 1.29 is 9.18 Å². The second-order valence-electron chi connectivity index (χ2n) is 5.16. The van der Waals surface area contributed by atoms with E-state index in [2.05, 4.69) is 30.5 Å². The third-order valence-electron chi connectivity index (χ3n) is 3.15. The van der Waals surface area contributed by atoms with Gasteiger partial charge in [-0.05, 0) is 35.7 Å². The van der Waals surface area contributed by atoms with Crippen molar-refractivity contribution in [1.82, 2.24) is 0 Å². The summed E-state index contributed by atoms with van der Waals surface area (Å²) in [4.78, 5) is 11.8. The fourth-order valence-corrected chi connectivity index (χ4v) is 1.95. The normalized spacial score (nSPS) is 10.5. The fourth-order valence-electron chi connectivity index (χ4n) is 1.95. The molecule has 0 aliphatic carbocycles. The van der Waals surface area contributed by atoms with Gasteiger partial charge in [0.05, 0.1) is 12.2 Å². The van der Waals surface area contributed by atoms with Crippen LogP contribution in [0.1, 0.15) is 25.3 Å². The Labute approximate surface area is 124 Å². The van der Waals surface area contributed by atoms with Crippen LogP contribution in [0.15, 0.2) is 48.5 Å². The molecule has 3 nitrogen and oxygen atoms in total. The van der Waals surface area contributed by atoms with Crippen molar-refractivity contribution in [2.75, 3.05) is 17.2 Å². The van der Waals surface area contributed by atoms with Gasteiger partial charge in [0.25, 0.3) is 0 Å². The predicted molar refractivity (Wildman–Crippen MR) is 84.1 cm³/mol. The van der Waals surface area contributed by atoms with Crippen LogP contribution in [-0.2, 0) is 4.79 Å². The Balaban J connectivity index is 1.92. The molecule has 0 aromatic heterocycles. The summed E-state index contributed by atoms with van der Waals surface area (Å²) in [5, 5.41) is 5.59. The molecule has 0 aliphatic heterocycles. The van der Waals surface area contributed by atoms with Crippen molar-refractivity contribution in [2.24, 2.45) is 0 Å². The Morgan fingerprint density at radius 2 is 1.90 bits per heavy atom. The van der Waals surface area contributed by atoms with Crippen LogP contribution in [-0.4, -0.2) is 12.5 Å². The molecular formula is C17H19FN2O. The number of anilines is 2. The predicted octanol–water partition coefficient (Wildman–Crippen LogP) is 4.00. The van der Waals surface area contributed by atoms with E-state index in [1.165, 1.54) is 17.7 Å². The lowest BCUT2D eigenvalue weighted by molar-refractivity contribution is -0.114. The van der Waals surface area contributed by atoms with Crippen LogP contribution in [0.2, 0.25) is 0 Å². The van der Waals surface area contributed by atoms with Crippen molar-refractivity contribution in [1.29, 1.82) is 0 Å². The van der Waals surface area contributed by atoms with Crippen molar-refractivity contribution in [2.45, 2.75) is 19.8 Å². The van der Waals surface area contributed by atoms with Crippen LogP contribution in [0.3, 0.4) is 0 Å². The number of rotatable bonds is 5. The average Bonchev–Trinajstić information content (AvgIpc) is 2.48. The molecule has 0 unspecified atom stereocenters. The quantitative estimate of drug-likeness (QED) is 0.872. The maximum Gasteiger partial charge on any atom is 0.243 e. The van der Waals surface area contributed by atoms with E-state index >= 15 is 0 Å². The van der Waals surface area contributed by atoms with Gasteiger partial charge in [-0.2, -0.15) is 0 Å². The maximum atomic E-state index is 13.4. The zero-order chi connectivity index (χ0) is 15.2. The first-order chi connectivity index (χ1) is 10.1. The number of nitrogens with one attached hydrogen (secondary N) is 2. The number of benzene rings is 2. The molecule has 0 heterocycles. The largest absolute Gasteiger partial charge is 0.376 e. The molecule has 0 fully saturated rings. The van der Waals surface area contributed by atoms with E-state index in [0.29, 0.717) is 5.92 Å². The summed E-state index contributed by atoms with van der Waals surface area (Å²) in [6.45, 7) is 4.32. The molecule has 0 spiro atoms. The standard InChI is InChI=1S/C17H19FN2O/c1-12(2)13-6-5-7-14(10-13)19-11-17(21)20-16-9-4-3-8-15(16)18/h3-10,12,19H,11H2,1-2H3,(H,20,21). The lowest BCUT2D eigenvalue weighted by atomic mass is 10.0. The van der Waals surface area contributed by atoms with Gasteiger partial charge < -0.3 is 10.6 Å². The zero-order valence-corrected chi connectivity index (χ0v) is 12.2. The third kappa shape index (κ3) is 4.31. The molecule has 0 bridgehead atoms. The van der Waals surface area contributed by atoms with E-state index in [4.69, 9.17) is 0 Å². The maximum absolute atomic E-state index is 13.4. The van der Waals surface area contributed by atoms with Crippen LogP contribution in [0.25, 0.3) is 0 Å². The van der Waals surface area contributed by atoms with E-state index in [-0.39, 0.29) is 18.1 Å². The summed E-state index contributed by atoms with van der Waals surface area (Å²) < 4.78 is 13.4. The number of carbonyl (C=O) groups is 1. The van der Waals surface area contributed by atoms with Gasteiger partial charge in [-0.3, -0.25) is 4.79 Å².